The van der Waals surface area contributed by atoms with Crippen molar-refractivity contribution in [2.24, 2.45) is 0 Å². The Morgan fingerprint density at radius 1 is 1.26 bits per heavy atom. The van der Waals surface area contributed by atoms with E-state index in [1.807, 2.05) is 7.05 Å². The fraction of sp³-hybridized carbons (Fsp3) is 0.500. The summed E-state index contributed by atoms with van der Waals surface area (Å²) in [5.41, 5.74) is 0. The number of benzene rings is 1. The van der Waals surface area contributed by atoms with Gasteiger partial charge < -0.3 is 5.32 Å². The van der Waals surface area contributed by atoms with Crippen LogP contribution in [0.4, 0.5) is 8.78 Å². The van der Waals surface area contributed by atoms with Gasteiger partial charge in [-0.3, -0.25) is 0 Å². The molecule has 1 heterocycles. The van der Waals surface area contributed by atoms with E-state index in [0.29, 0.717) is 25.9 Å². The van der Waals surface area contributed by atoms with E-state index >= 15 is 0 Å². The van der Waals surface area contributed by atoms with Crippen molar-refractivity contribution >= 4 is 10.0 Å². The predicted molar refractivity (Wildman–Crippen MR) is 67.2 cm³/mol. The van der Waals surface area contributed by atoms with Crippen molar-refractivity contribution in [2.45, 2.75) is 23.8 Å². The van der Waals surface area contributed by atoms with Crippen molar-refractivity contribution in [1.29, 1.82) is 0 Å². The first-order valence-electron chi connectivity index (χ1n) is 6.07. The Morgan fingerprint density at radius 2 is 1.89 bits per heavy atom. The van der Waals surface area contributed by atoms with Gasteiger partial charge in [0.05, 0.1) is 0 Å². The third kappa shape index (κ3) is 2.93. The topological polar surface area (TPSA) is 49.4 Å². The highest BCUT2D eigenvalue weighted by atomic mass is 32.2. The van der Waals surface area contributed by atoms with Gasteiger partial charge in [-0.1, -0.05) is 0 Å². The number of sulfonamides is 1. The third-order valence-corrected chi connectivity index (χ3v) is 5.29. The Labute approximate surface area is 111 Å². The standard InChI is InChI=1S/C12H16F2N2O2S/c1-15-10-4-6-16(7-5-10)19(17,18)12-8-9(13)2-3-11(12)14/h2-3,8,10,15H,4-7H2,1H3. The van der Waals surface area contributed by atoms with E-state index in [1.165, 1.54) is 4.31 Å². The Kier molecular flexibility index (Phi) is 4.17. The number of halogens is 2. The molecule has 0 amide bonds. The molecule has 1 saturated heterocycles. The van der Waals surface area contributed by atoms with Crippen molar-refractivity contribution in [3.05, 3.63) is 29.8 Å². The fourth-order valence-corrected chi connectivity index (χ4v) is 3.74. The van der Waals surface area contributed by atoms with Gasteiger partial charge in [0.25, 0.3) is 0 Å². The van der Waals surface area contributed by atoms with Crippen LogP contribution in [0.2, 0.25) is 0 Å². The van der Waals surface area contributed by atoms with Crippen molar-refractivity contribution in [2.75, 3.05) is 20.1 Å². The lowest BCUT2D eigenvalue weighted by molar-refractivity contribution is 0.297. The number of nitrogens with one attached hydrogen (secondary N) is 1. The number of rotatable bonds is 3. The normalized spacial score (nSPS) is 18.7. The minimum absolute atomic E-state index is 0.267. The molecule has 2 rings (SSSR count). The SMILES string of the molecule is CNC1CCN(S(=O)(=O)c2cc(F)ccc2F)CC1. The molecule has 1 aliphatic heterocycles. The molecule has 0 saturated carbocycles. The van der Waals surface area contributed by atoms with Crippen LogP contribution in [-0.2, 0) is 10.0 Å². The second-order valence-corrected chi connectivity index (χ2v) is 6.45. The van der Waals surface area contributed by atoms with E-state index < -0.39 is 26.6 Å². The zero-order valence-corrected chi connectivity index (χ0v) is 11.4. The Hall–Kier alpha value is -1.05. The first-order chi connectivity index (χ1) is 8.95. The quantitative estimate of drug-likeness (QED) is 0.914. The van der Waals surface area contributed by atoms with Gasteiger partial charge in [-0.15, -0.1) is 0 Å². The lowest BCUT2D eigenvalue weighted by Gasteiger charge is -2.31. The summed E-state index contributed by atoms with van der Waals surface area (Å²) in [5, 5.41) is 3.08. The van der Waals surface area contributed by atoms with Gasteiger partial charge >= 0.3 is 0 Å². The molecule has 7 heteroatoms. The fourth-order valence-electron chi connectivity index (χ4n) is 2.20. The van der Waals surface area contributed by atoms with Crippen LogP contribution >= 0.6 is 0 Å². The lowest BCUT2D eigenvalue weighted by atomic mass is 10.1. The first kappa shape index (κ1) is 14.4. The van der Waals surface area contributed by atoms with Crippen LogP contribution in [-0.4, -0.2) is 38.9 Å². The summed E-state index contributed by atoms with van der Waals surface area (Å²) in [6, 6.07) is 2.74. The molecular weight excluding hydrogens is 274 g/mol. The highest BCUT2D eigenvalue weighted by Crippen LogP contribution is 2.23. The van der Waals surface area contributed by atoms with Crippen molar-refractivity contribution in [1.82, 2.24) is 9.62 Å². The molecule has 0 unspecified atom stereocenters. The van der Waals surface area contributed by atoms with Gasteiger partial charge in [-0.05, 0) is 38.1 Å². The molecule has 0 bridgehead atoms. The number of nitrogens with zero attached hydrogens (tertiary/aromatic N) is 1. The van der Waals surface area contributed by atoms with Crippen LogP contribution in [0.5, 0.6) is 0 Å². The van der Waals surface area contributed by atoms with Crippen LogP contribution in [0.15, 0.2) is 23.1 Å². The van der Waals surface area contributed by atoms with E-state index in [4.69, 9.17) is 0 Å². The average molecular weight is 290 g/mol. The summed E-state index contributed by atoms with van der Waals surface area (Å²) in [7, 11) is -2.14. The Morgan fingerprint density at radius 3 is 2.47 bits per heavy atom. The van der Waals surface area contributed by atoms with Crippen LogP contribution in [0.25, 0.3) is 0 Å². The van der Waals surface area contributed by atoms with Gasteiger partial charge in [0, 0.05) is 19.1 Å². The van der Waals surface area contributed by atoms with Crippen LogP contribution in [0, 0.1) is 11.6 Å². The monoisotopic (exact) mass is 290 g/mol. The molecule has 1 aliphatic rings. The minimum atomic E-state index is -3.96. The maximum Gasteiger partial charge on any atom is 0.246 e. The molecule has 4 nitrogen and oxygen atoms in total. The second kappa shape index (κ2) is 5.52. The lowest BCUT2D eigenvalue weighted by Crippen LogP contribution is -2.44. The number of piperidine rings is 1. The molecule has 0 radical (unpaired) electrons. The maximum atomic E-state index is 13.6. The third-order valence-electron chi connectivity index (χ3n) is 3.37. The average Bonchev–Trinajstić information content (AvgIpc) is 2.41. The van der Waals surface area contributed by atoms with Gasteiger partial charge in [0.15, 0.2) is 0 Å². The summed E-state index contributed by atoms with van der Waals surface area (Å²) < 4.78 is 52.4. The zero-order chi connectivity index (χ0) is 14.0. The molecule has 19 heavy (non-hydrogen) atoms. The van der Waals surface area contributed by atoms with Crippen molar-refractivity contribution in [3.8, 4) is 0 Å². The highest BCUT2D eigenvalue weighted by Gasteiger charge is 2.31. The van der Waals surface area contributed by atoms with Crippen molar-refractivity contribution in [3.63, 3.8) is 0 Å². The molecular formula is C12H16F2N2O2S. The van der Waals surface area contributed by atoms with Crippen LogP contribution in [0.3, 0.4) is 0 Å². The Bertz CT molecular complexity index is 555. The Balaban J connectivity index is 2.26. The van der Waals surface area contributed by atoms with E-state index in [2.05, 4.69) is 5.32 Å². The molecule has 1 N–H and O–H groups in total. The number of hydrogen-bond acceptors (Lipinski definition) is 3. The van der Waals surface area contributed by atoms with Crippen LogP contribution < -0.4 is 5.32 Å². The predicted octanol–water partition coefficient (Wildman–Crippen LogP) is 1.34. The van der Waals surface area contributed by atoms with E-state index in [1.54, 1.807) is 0 Å². The number of hydrogen-bond donors (Lipinski definition) is 1. The zero-order valence-electron chi connectivity index (χ0n) is 10.6. The molecule has 0 aromatic heterocycles. The highest BCUT2D eigenvalue weighted by molar-refractivity contribution is 7.89. The molecule has 1 aromatic rings. The largest absolute Gasteiger partial charge is 0.317 e. The van der Waals surface area contributed by atoms with Gasteiger partial charge in [0.1, 0.15) is 16.5 Å². The summed E-state index contributed by atoms with van der Waals surface area (Å²) in [4.78, 5) is -0.588. The van der Waals surface area contributed by atoms with E-state index in [9.17, 15) is 17.2 Å². The molecule has 0 aliphatic carbocycles. The summed E-state index contributed by atoms with van der Waals surface area (Å²) in [6.07, 6.45) is 1.32. The smallest absolute Gasteiger partial charge is 0.246 e. The first-order valence-corrected chi connectivity index (χ1v) is 7.51. The van der Waals surface area contributed by atoms with E-state index in [0.717, 1.165) is 18.2 Å². The molecule has 1 aromatic carbocycles. The van der Waals surface area contributed by atoms with E-state index in [-0.39, 0.29) is 6.04 Å². The minimum Gasteiger partial charge on any atom is -0.317 e. The van der Waals surface area contributed by atoms with Crippen molar-refractivity contribution < 1.29 is 17.2 Å². The summed E-state index contributed by atoms with van der Waals surface area (Å²) in [5.74, 6) is -1.68. The second-order valence-electron chi connectivity index (χ2n) is 4.54. The molecule has 0 atom stereocenters. The summed E-state index contributed by atoms with van der Waals surface area (Å²) >= 11 is 0. The molecule has 0 spiro atoms. The van der Waals surface area contributed by atoms with Crippen LogP contribution in [0.1, 0.15) is 12.8 Å². The molecule has 106 valence electrons. The maximum absolute atomic E-state index is 13.6. The van der Waals surface area contributed by atoms with Gasteiger partial charge in [-0.2, -0.15) is 4.31 Å². The molecule has 1 fully saturated rings. The van der Waals surface area contributed by atoms with Gasteiger partial charge in [0.2, 0.25) is 10.0 Å². The van der Waals surface area contributed by atoms with Gasteiger partial charge in [-0.25, -0.2) is 17.2 Å². The summed E-state index contributed by atoms with van der Waals surface area (Å²) in [6.45, 7) is 0.619.